The first kappa shape index (κ1) is 13.6. The molecule has 104 valence electrons. The average molecular weight is 277 g/mol. The molecule has 0 saturated heterocycles. The number of carbonyl (C=O) groups is 1. The molecule has 0 fully saturated rings. The summed E-state index contributed by atoms with van der Waals surface area (Å²) in [5.41, 5.74) is 0.633. The average Bonchev–Trinajstić information content (AvgIpc) is 2.86. The lowest BCUT2D eigenvalue weighted by molar-refractivity contribution is -0.402. The highest BCUT2D eigenvalue weighted by Crippen LogP contribution is 2.23. The first-order chi connectivity index (χ1) is 9.49. The smallest absolute Gasteiger partial charge is 0.433 e. The van der Waals surface area contributed by atoms with Crippen molar-refractivity contribution in [3.63, 3.8) is 0 Å². The summed E-state index contributed by atoms with van der Waals surface area (Å²) < 4.78 is 10.4. The van der Waals surface area contributed by atoms with Gasteiger partial charge in [-0.1, -0.05) is 6.07 Å². The second-order valence-corrected chi connectivity index (χ2v) is 4.02. The summed E-state index contributed by atoms with van der Waals surface area (Å²) in [7, 11) is 0. The first-order valence-electron chi connectivity index (χ1n) is 5.68. The summed E-state index contributed by atoms with van der Waals surface area (Å²) in [5, 5.41) is 19.5. The molecule has 0 aliphatic carbocycles. The Balaban J connectivity index is 2.12. The molecule has 0 aliphatic rings. The quantitative estimate of drug-likeness (QED) is 0.665. The number of hydrogen-bond acceptors (Lipinski definition) is 5. The maximum Gasteiger partial charge on any atom is 0.433 e. The number of aromatic carboxylic acids is 1. The predicted molar refractivity (Wildman–Crippen MR) is 67.8 cm³/mol. The zero-order valence-electron chi connectivity index (χ0n) is 10.5. The van der Waals surface area contributed by atoms with Crippen LogP contribution in [0, 0.1) is 17.0 Å². The number of carboxylic acid groups (broad SMARTS) is 1. The van der Waals surface area contributed by atoms with Crippen LogP contribution in [0.25, 0.3) is 0 Å². The molecule has 1 aromatic carbocycles. The highest BCUT2D eigenvalue weighted by Gasteiger charge is 2.14. The van der Waals surface area contributed by atoms with Crippen LogP contribution in [0.2, 0.25) is 0 Å². The van der Waals surface area contributed by atoms with Gasteiger partial charge in [0.05, 0.1) is 11.6 Å². The van der Waals surface area contributed by atoms with Crippen LogP contribution in [-0.4, -0.2) is 16.0 Å². The highest BCUT2D eigenvalue weighted by molar-refractivity contribution is 5.90. The minimum absolute atomic E-state index is 0.0161. The van der Waals surface area contributed by atoms with Gasteiger partial charge in [-0.3, -0.25) is 10.1 Å². The third-order valence-electron chi connectivity index (χ3n) is 2.71. The SMILES string of the molecule is Cc1c(OCc2ccc([N+](=O)[O-])o2)cccc1C(=O)O. The van der Waals surface area contributed by atoms with Gasteiger partial charge in [0.25, 0.3) is 0 Å². The van der Waals surface area contributed by atoms with Crippen LogP contribution < -0.4 is 4.74 Å². The van der Waals surface area contributed by atoms with Crippen molar-refractivity contribution in [1.82, 2.24) is 0 Å². The van der Waals surface area contributed by atoms with E-state index in [-0.39, 0.29) is 23.8 Å². The fourth-order valence-corrected chi connectivity index (χ4v) is 1.69. The molecule has 0 atom stereocenters. The Morgan fingerprint density at radius 3 is 2.75 bits per heavy atom. The van der Waals surface area contributed by atoms with Crippen molar-refractivity contribution in [1.29, 1.82) is 0 Å². The van der Waals surface area contributed by atoms with Crippen LogP contribution in [0.5, 0.6) is 5.75 Å². The zero-order chi connectivity index (χ0) is 14.7. The summed E-state index contributed by atoms with van der Waals surface area (Å²) in [4.78, 5) is 20.8. The molecule has 7 heteroatoms. The second kappa shape index (κ2) is 5.43. The van der Waals surface area contributed by atoms with Gasteiger partial charge >= 0.3 is 11.9 Å². The van der Waals surface area contributed by atoms with Gasteiger partial charge in [-0.2, -0.15) is 0 Å². The summed E-state index contributed by atoms with van der Waals surface area (Å²) in [6.07, 6.45) is 0. The van der Waals surface area contributed by atoms with Crippen molar-refractivity contribution in [2.75, 3.05) is 0 Å². The van der Waals surface area contributed by atoms with Crippen LogP contribution in [0.3, 0.4) is 0 Å². The van der Waals surface area contributed by atoms with Crippen molar-refractivity contribution < 1.29 is 24.0 Å². The third kappa shape index (κ3) is 2.77. The highest BCUT2D eigenvalue weighted by atomic mass is 16.6. The van der Waals surface area contributed by atoms with E-state index in [2.05, 4.69) is 0 Å². The number of benzene rings is 1. The van der Waals surface area contributed by atoms with E-state index in [1.54, 1.807) is 19.1 Å². The molecule has 2 rings (SSSR count). The Morgan fingerprint density at radius 2 is 2.15 bits per heavy atom. The summed E-state index contributed by atoms with van der Waals surface area (Å²) >= 11 is 0. The van der Waals surface area contributed by atoms with Crippen molar-refractivity contribution in [3.8, 4) is 5.75 Å². The van der Waals surface area contributed by atoms with E-state index in [4.69, 9.17) is 14.3 Å². The Kier molecular flexibility index (Phi) is 3.69. The molecule has 0 aliphatic heterocycles. The van der Waals surface area contributed by atoms with Crippen LogP contribution >= 0.6 is 0 Å². The summed E-state index contributed by atoms with van der Waals surface area (Å²) in [6.45, 7) is 1.61. The fourth-order valence-electron chi connectivity index (χ4n) is 1.69. The molecule has 0 amide bonds. The number of ether oxygens (including phenoxy) is 1. The van der Waals surface area contributed by atoms with Gasteiger partial charge in [0.15, 0.2) is 0 Å². The number of rotatable bonds is 5. The second-order valence-electron chi connectivity index (χ2n) is 4.02. The maximum atomic E-state index is 11.0. The Labute approximate surface area is 113 Å². The van der Waals surface area contributed by atoms with Gasteiger partial charge in [-0.25, -0.2) is 4.79 Å². The zero-order valence-corrected chi connectivity index (χ0v) is 10.5. The number of furan rings is 1. The molecule has 1 aromatic heterocycles. The van der Waals surface area contributed by atoms with Crippen molar-refractivity contribution in [2.45, 2.75) is 13.5 Å². The maximum absolute atomic E-state index is 11.0. The van der Waals surface area contributed by atoms with E-state index in [1.165, 1.54) is 18.2 Å². The molecule has 0 spiro atoms. The van der Waals surface area contributed by atoms with Crippen LogP contribution in [-0.2, 0) is 6.61 Å². The van der Waals surface area contributed by atoms with E-state index in [9.17, 15) is 14.9 Å². The summed E-state index contributed by atoms with van der Waals surface area (Å²) in [5.74, 6) is -0.720. The van der Waals surface area contributed by atoms with Crippen molar-refractivity contribution in [3.05, 3.63) is 57.3 Å². The minimum atomic E-state index is -1.04. The summed E-state index contributed by atoms with van der Waals surface area (Å²) in [6, 6.07) is 7.34. The van der Waals surface area contributed by atoms with Gasteiger partial charge < -0.3 is 14.3 Å². The van der Waals surface area contributed by atoms with Gasteiger partial charge in [0, 0.05) is 5.56 Å². The number of carboxylic acids is 1. The number of nitro groups is 1. The largest absolute Gasteiger partial charge is 0.485 e. The lowest BCUT2D eigenvalue weighted by Gasteiger charge is -2.09. The normalized spacial score (nSPS) is 10.2. The van der Waals surface area contributed by atoms with E-state index >= 15 is 0 Å². The molecule has 0 saturated carbocycles. The lowest BCUT2D eigenvalue weighted by atomic mass is 10.1. The Morgan fingerprint density at radius 1 is 1.40 bits per heavy atom. The first-order valence-corrected chi connectivity index (χ1v) is 5.68. The van der Waals surface area contributed by atoms with E-state index in [0.29, 0.717) is 11.3 Å². The fraction of sp³-hybridized carbons (Fsp3) is 0.154. The Hall–Kier alpha value is -2.83. The predicted octanol–water partition coefficient (Wildman–Crippen LogP) is 2.77. The van der Waals surface area contributed by atoms with Crippen LogP contribution in [0.15, 0.2) is 34.7 Å². The lowest BCUT2D eigenvalue weighted by Crippen LogP contribution is -2.03. The molecule has 0 unspecified atom stereocenters. The van der Waals surface area contributed by atoms with Crippen LogP contribution in [0.4, 0.5) is 5.88 Å². The van der Waals surface area contributed by atoms with Gasteiger partial charge in [-0.15, -0.1) is 0 Å². The molecule has 20 heavy (non-hydrogen) atoms. The number of hydrogen-bond donors (Lipinski definition) is 1. The molecular formula is C13H11NO6. The molecule has 2 aromatic rings. The topological polar surface area (TPSA) is 103 Å². The van der Waals surface area contributed by atoms with E-state index in [1.807, 2.05) is 0 Å². The molecular weight excluding hydrogens is 266 g/mol. The van der Waals surface area contributed by atoms with Crippen LogP contribution in [0.1, 0.15) is 21.7 Å². The monoisotopic (exact) mass is 277 g/mol. The van der Waals surface area contributed by atoms with Crippen molar-refractivity contribution in [2.24, 2.45) is 0 Å². The van der Waals surface area contributed by atoms with E-state index in [0.717, 1.165) is 0 Å². The molecule has 1 N–H and O–H groups in total. The number of nitrogens with zero attached hydrogens (tertiary/aromatic N) is 1. The Bertz CT molecular complexity index is 661. The standard InChI is InChI=1S/C13H11NO6/c1-8-10(13(15)16)3-2-4-11(8)19-7-9-5-6-12(20-9)14(17)18/h2-6H,7H2,1H3,(H,15,16). The molecule has 1 heterocycles. The van der Waals surface area contributed by atoms with Gasteiger partial charge in [-0.05, 0) is 25.1 Å². The van der Waals surface area contributed by atoms with Gasteiger partial charge in [0.1, 0.15) is 23.0 Å². The van der Waals surface area contributed by atoms with Crippen molar-refractivity contribution >= 4 is 11.9 Å². The van der Waals surface area contributed by atoms with E-state index < -0.39 is 10.9 Å². The third-order valence-corrected chi connectivity index (χ3v) is 2.71. The molecule has 7 nitrogen and oxygen atoms in total. The van der Waals surface area contributed by atoms with Gasteiger partial charge in [0.2, 0.25) is 0 Å². The molecule has 0 radical (unpaired) electrons. The minimum Gasteiger partial charge on any atom is -0.485 e. The molecule has 0 bridgehead atoms.